The summed E-state index contributed by atoms with van der Waals surface area (Å²) in [7, 11) is 0. The molecule has 146 valence electrons. The lowest BCUT2D eigenvalue weighted by molar-refractivity contribution is 0.405. The third-order valence-electron chi connectivity index (χ3n) is 5.08. The van der Waals surface area contributed by atoms with Crippen LogP contribution in [0.15, 0.2) is 24.4 Å². The first kappa shape index (κ1) is 18.0. The van der Waals surface area contributed by atoms with Crippen LogP contribution in [-0.2, 0) is 12.8 Å². The minimum Gasteiger partial charge on any atom is -0.504 e. The Kier molecular flexibility index (Phi) is 4.29. The molecule has 0 bridgehead atoms. The minimum atomic E-state index is -0.271. The van der Waals surface area contributed by atoms with Gasteiger partial charge in [0.05, 0.1) is 22.3 Å². The van der Waals surface area contributed by atoms with E-state index in [2.05, 4.69) is 9.97 Å². The Morgan fingerprint density at radius 3 is 2.21 bits per heavy atom. The number of aromatic nitrogens is 2. The van der Waals surface area contributed by atoms with Gasteiger partial charge in [-0.1, -0.05) is 0 Å². The summed E-state index contributed by atoms with van der Waals surface area (Å²) in [5.41, 5.74) is 15.4. The lowest BCUT2D eigenvalue weighted by atomic mass is 9.98. The Hall–Kier alpha value is -3.36. The molecular weight excluding hydrogens is 360 g/mol. The predicted molar refractivity (Wildman–Crippen MR) is 108 cm³/mol. The summed E-state index contributed by atoms with van der Waals surface area (Å²) in [6, 6.07) is 4.39. The van der Waals surface area contributed by atoms with Crippen LogP contribution < -0.4 is 11.5 Å². The number of H-pyrrole nitrogens is 2. The molecule has 0 saturated carbocycles. The second-order valence-electron chi connectivity index (χ2n) is 6.80. The van der Waals surface area contributed by atoms with Crippen molar-refractivity contribution < 1.29 is 20.4 Å². The van der Waals surface area contributed by atoms with E-state index < -0.39 is 0 Å². The molecule has 4 aromatic rings. The topological polar surface area (TPSA) is 165 Å². The van der Waals surface area contributed by atoms with Gasteiger partial charge in [0.25, 0.3) is 0 Å². The van der Waals surface area contributed by atoms with E-state index >= 15 is 0 Å². The van der Waals surface area contributed by atoms with E-state index in [-0.39, 0.29) is 23.0 Å². The standard InChI is InChI=1S/C20H22N4O4/c21-3-1-9-8-23-18-11(9)5-16(27)20(28)17(18)19-10(2-4-22)12-6-14(25)15(26)7-13(12)24-19/h5-8,23-28H,1-4,21-22H2. The molecule has 0 saturated heterocycles. The number of fused-ring (bicyclic) bond motifs is 2. The van der Waals surface area contributed by atoms with Crippen molar-refractivity contribution in [3.8, 4) is 34.3 Å². The van der Waals surface area contributed by atoms with Crippen LogP contribution in [0.1, 0.15) is 11.1 Å². The molecule has 0 fully saturated rings. The Morgan fingerprint density at radius 2 is 1.50 bits per heavy atom. The van der Waals surface area contributed by atoms with Crippen molar-refractivity contribution in [1.29, 1.82) is 0 Å². The van der Waals surface area contributed by atoms with Crippen LogP contribution in [0.2, 0.25) is 0 Å². The molecule has 0 aliphatic carbocycles. The molecule has 0 aliphatic heterocycles. The van der Waals surface area contributed by atoms with E-state index in [4.69, 9.17) is 11.5 Å². The zero-order valence-electron chi connectivity index (χ0n) is 15.1. The van der Waals surface area contributed by atoms with Gasteiger partial charge in [0, 0.05) is 23.0 Å². The van der Waals surface area contributed by atoms with Crippen LogP contribution in [0.25, 0.3) is 33.1 Å². The molecule has 0 unspecified atom stereocenters. The number of aromatic hydroxyl groups is 4. The Bertz CT molecular complexity index is 1190. The van der Waals surface area contributed by atoms with Gasteiger partial charge in [0.15, 0.2) is 23.0 Å². The van der Waals surface area contributed by atoms with E-state index in [1.807, 2.05) is 6.20 Å². The van der Waals surface area contributed by atoms with Gasteiger partial charge < -0.3 is 41.9 Å². The van der Waals surface area contributed by atoms with Crippen LogP contribution in [0, 0.1) is 0 Å². The highest BCUT2D eigenvalue weighted by Gasteiger charge is 2.23. The van der Waals surface area contributed by atoms with Crippen molar-refractivity contribution in [2.75, 3.05) is 13.1 Å². The van der Waals surface area contributed by atoms with Crippen LogP contribution in [-0.4, -0.2) is 43.5 Å². The zero-order valence-corrected chi connectivity index (χ0v) is 15.1. The van der Waals surface area contributed by atoms with E-state index in [0.29, 0.717) is 53.6 Å². The highest BCUT2D eigenvalue weighted by molar-refractivity contribution is 6.04. The average molecular weight is 382 g/mol. The third kappa shape index (κ3) is 2.62. The predicted octanol–water partition coefficient (Wildman–Crippen LogP) is 2.14. The second-order valence-corrected chi connectivity index (χ2v) is 6.80. The van der Waals surface area contributed by atoms with Gasteiger partial charge in [-0.05, 0) is 49.2 Å². The third-order valence-corrected chi connectivity index (χ3v) is 5.08. The van der Waals surface area contributed by atoms with E-state index in [1.165, 1.54) is 18.2 Å². The summed E-state index contributed by atoms with van der Waals surface area (Å²) in [5, 5.41) is 42.2. The van der Waals surface area contributed by atoms with Gasteiger partial charge in [-0.3, -0.25) is 0 Å². The molecule has 0 atom stereocenters. The average Bonchev–Trinajstić information content (AvgIpc) is 3.20. The molecule has 2 heterocycles. The normalized spacial score (nSPS) is 11.6. The summed E-state index contributed by atoms with van der Waals surface area (Å²) in [5.74, 6) is -1.02. The molecule has 8 heteroatoms. The maximum Gasteiger partial charge on any atom is 0.169 e. The zero-order chi connectivity index (χ0) is 20.0. The number of hydrogen-bond acceptors (Lipinski definition) is 6. The molecule has 10 N–H and O–H groups in total. The second kappa shape index (κ2) is 6.66. The summed E-state index contributed by atoms with van der Waals surface area (Å²) in [6.07, 6.45) is 2.89. The lowest BCUT2D eigenvalue weighted by Gasteiger charge is -2.10. The van der Waals surface area contributed by atoms with Crippen molar-refractivity contribution in [3.63, 3.8) is 0 Å². The number of benzene rings is 2. The van der Waals surface area contributed by atoms with E-state index in [9.17, 15) is 20.4 Å². The molecule has 28 heavy (non-hydrogen) atoms. The van der Waals surface area contributed by atoms with Crippen molar-refractivity contribution in [3.05, 3.63) is 35.5 Å². The van der Waals surface area contributed by atoms with Gasteiger partial charge in [0.1, 0.15) is 0 Å². The summed E-state index contributed by atoms with van der Waals surface area (Å²) >= 11 is 0. The molecule has 4 rings (SSSR count). The van der Waals surface area contributed by atoms with Crippen LogP contribution >= 0.6 is 0 Å². The van der Waals surface area contributed by atoms with Gasteiger partial charge in [0.2, 0.25) is 0 Å². The van der Waals surface area contributed by atoms with Gasteiger partial charge in [-0.2, -0.15) is 0 Å². The summed E-state index contributed by atoms with van der Waals surface area (Å²) < 4.78 is 0. The Labute approximate surface area is 160 Å². The number of phenolic OH excluding ortho intramolecular Hbond substituents is 4. The van der Waals surface area contributed by atoms with Crippen molar-refractivity contribution in [1.82, 2.24) is 9.97 Å². The Balaban J connectivity index is 2.08. The van der Waals surface area contributed by atoms with Crippen LogP contribution in [0.5, 0.6) is 23.0 Å². The van der Waals surface area contributed by atoms with Crippen LogP contribution in [0.4, 0.5) is 0 Å². The number of hydrogen-bond donors (Lipinski definition) is 8. The SMILES string of the molecule is NCCc1c(-c2c(O)c(O)cc3c(CCN)c[nH]c23)[nH]c2cc(O)c(O)cc12. The smallest absolute Gasteiger partial charge is 0.169 e. The molecular formula is C20H22N4O4. The molecule has 0 aliphatic rings. The number of nitrogens with two attached hydrogens (primary N) is 2. The summed E-state index contributed by atoms with van der Waals surface area (Å²) in [4.78, 5) is 6.36. The van der Waals surface area contributed by atoms with Crippen molar-refractivity contribution in [2.45, 2.75) is 12.8 Å². The number of rotatable bonds is 5. The summed E-state index contributed by atoms with van der Waals surface area (Å²) in [6.45, 7) is 0.792. The molecule has 0 spiro atoms. The molecule has 2 aromatic heterocycles. The largest absolute Gasteiger partial charge is 0.504 e. The van der Waals surface area contributed by atoms with Crippen LogP contribution in [0.3, 0.4) is 0 Å². The highest BCUT2D eigenvalue weighted by Crippen LogP contribution is 2.46. The molecule has 0 radical (unpaired) electrons. The first-order valence-corrected chi connectivity index (χ1v) is 8.98. The minimum absolute atomic E-state index is 0.244. The lowest BCUT2D eigenvalue weighted by Crippen LogP contribution is -2.03. The fraction of sp³-hybridized carbons (Fsp3) is 0.200. The first-order chi connectivity index (χ1) is 13.5. The van der Waals surface area contributed by atoms with Gasteiger partial charge in [-0.15, -0.1) is 0 Å². The molecule has 0 amide bonds. The molecule has 8 nitrogen and oxygen atoms in total. The van der Waals surface area contributed by atoms with Crippen molar-refractivity contribution in [2.24, 2.45) is 11.5 Å². The maximum absolute atomic E-state index is 10.7. The quantitative estimate of drug-likeness (QED) is 0.246. The number of phenols is 4. The monoisotopic (exact) mass is 382 g/mol. The van der Waals surface area contributed by atoms with Gasteiger partial charge in [-0.25, -0.2) is 0 Å². The fourth-order valence-corrected chi connectivity index (χ4v) is 3.80. The van der Waals surface area contributed by atoms with Gasteiger partial charge >= 0.3 is 0 Å². The van der Waals surface area contributed by atoms with Crippen molar-refractivity contribution >= 4 is 21.8 Å². The maximum atomic E-state index is 10.7. The van der Waals surface area contributed by atoms with E-state index in [1.54, 1.807) is 0 Å². The number of nitrogens with one attached hydrogen (secondary N) is 2. The Morgan fingerprint density at radius 1 is 0.821 bits per heavy atom. The molecule has 2 aromatic carbocycles. The fourth-order valence-electron chi connectivity index (χ4n) is 3.80. The van der Waals surface area contributed by atoms with E-state index in [0.717, 1.165) is 16.5 Å². The number of aromatic amines is 2. The highest BCUT2D eigenvalue weighted by atomic mass is 16.3. The first-order valence-electron chi connectivity index (χ1n) is 8.98.